The van der Waals surface area contributed by atoms with Crippen LogP contribution in [0.25, 0.3) is 0 Å². The number of ether oxygens (including phenoxy) is 1. The van der Waals surface area contributed by atoms with Crippen molar-refractivity contribution in [3.05, 3.63) is 77.1 Å². The summed E-state index contributed by atoms with van der Waals surface area (Å²) < 4.78 is 4.98. The summed E-state index contributed by atoms with van der Waals surface area (Å²) in [6.45, 7) is 2.60. The summed E-state index contributed by atoms with van der Waals surface area (Å²) in [4.78, 5) is 47.1. The minimum atomic E-state index is -0.351. The lowest BCUT2D eigenvalue weighted by molar-refractivity contribution is -0.144. The molecule has 0 aliphatic carbocycles. The number of benzene rings is 1. The lowest BCUT2D eigenvalue weighted by Crippen LogP contribution is -2.34. The highest BCUT2D eigenvalue weighted by molar-refractivity contribution is 7.14. The van der Waals surface area contributed by atoms with Crippen molar-refractivity contribution >= 4 is 34.3 Å². The van der Waals surface area contributed by atoms with Gasteiger partial charge in [0.1, 0.15) is 0 Å². The van der Waals surface area contributed by atoms with Gasteiger partial charge in [0.25, 0.3) is 5.91 Å². The quantitative estimate of drug-likeness (QED) is 0.474. The lowest BCUT2D eigenvalue weighted by atomic mass is 10.2. The number of rotatable bonds is 10. The monoisotopic (exact) mass is 452 g/mol. The van der Waals surface area contributed by atoms with E-state index in [1.54, 1.807) is 59.9 Å². The van der Waals surface area contributed by atoms with Gasteiger partial charge < -0.3 is 9.64 Å². The summed E-state index contributed by atoms with van der Waals surface area (Å²) in [6.07, 6.45) is 3.51. The predicted molar refractivity (Wildman–Crippen MR) is 121 cm³/mol. The van der Waals surface area contributed by atoms with Gasteiger partial charge >= 0.3 is 5.97 Å². The van der Waals surface area contributed by atoms with Gasteiger partial charge in [0.15, 0.2) is 5.13 Å². The minimum absolute atomic E-state index is 0.0563. The Morgan fingerprint density at radius 2 is 1.94 bits per heavy atom. The molecule has 0 fully saturated rings. The first-order valence-corrected chi connectivity index (χ1v) is 11.1. The number of hydrogen-bond donors (Lipinski definition) is 1. The lowest BCUT2D eigenvalue weighted by Gasteiger charge is -2.22. The van der Waals surface area contributed by atoms with E-state index >= 15 is 0 Å². The van der Waals surface area contributed by atoms with Gasteiger partial charge in [0.2, 0.25) is 5.91 Å². The number of nitrogens with zero attached hydrogens (tertiary/aromatic N) is 3. The number of esters is 1. The summed E-state index contributed by atoms with van der Waals surface area (Å²) in [5.41, 5.74) is 1.94. The topological polar surface area (TPSA) is 101 Å². The van der Waals surface area contributed by atoms with Gasteiger partial charge in [-0.3, -0.25) is 24.7 Å². The van der Waals surface area contributed by atoms with Gasteiger partial charge in [-0.1, -0.05) is 24.3 Å². The Morgan fingerprint density at radius 1 is 1.12 bits per heavy atom. The molecule has 8 nitrogen and oxygen atoms in total. The highest BCUT2D eigenvalue weighted by atomic mass is 32.1. The van der Waals surface area contributed by atoms with Gasteiger partial charge in [-0.25, -0.2) is 4.98 Å². The van der Waals surface area contributed by atoms with Gasteiger partial charge in [-0.15, -0.1) is 11.3 Å². The second-order valence-corrected chi connectivity index (χ2v) is 7.73. The molecular formula is C23H24N4O4S. The average molecular weight is 453 g/mol. The number of aromatic nitrogens is 2. The molecule has 166 valence electrons. The maximum absolute atomic E-state index is 13.0. The van der Waals surface area contributed by atoms with Gasteiger partial charge in [-0.2, -0.15) is 0 Å². The molecule has 0 saturated carbocycles. The number of carbonyl (C=O) groups excluding carboxylic acids is 3. The van der Waals surface area contributed by atoms with E-state index in [2.05, 4.69) is 15.3 Å². The third kappa shape index (κ3) is 6.98. The van der Waals surface area contributed by atoms with Crippen molar-refractivity contribution < 1.29 is 19.1 Å². The molecule has 3 rings (SSSR count). The maximum atomic E-state index is 13.0. The van der Waals surface area contributed by atoms with Gasteiger partial charge in [-0.05, 0) is 30.7 Å². The van der Waals surface area contributed by atoms with E-state index in [1.165, 1.54) is 11.3 Å². The highest BCUT2D eigenvalue weighted by Crippen LogP contribution is 2.18. The van der Waals surface area contributed by atoms with Crippen molar-refractivity contribution in [2.24, 2.45) is 0 Å². The molecule has 2 heterocycles. The summed E-state index contributed by atoms with van der Waals surface area (Å²) in [5.74, 6) is -0.786. The zero-order valence-corrected chi connectivity index (χ0v) is 18.5. The second kappa shape index (κ2) is 11.7. The van der Waals surface area contributed by atoms with Crippen molar-refractivity contribution in [3.8, 4) is 0 Å². The van der Waals surface area contributed by atoms with Crippen LogP contribution in [0.1, 0.15) is 35.0 Å². The van der Waals surface area contributed by atoms with Crippen molar-refractivity contribution in [1.29, 1.82) is 0 Å². The van der Waals surface area contributed by atoms with Crippen LogP contribution >= 0.6 is 11.3 Å². The van der Waals surface area contributed by atoms with Crippen LogP contribution in [0.3, 0.4) is 0 Å². The summed E-state index contributed by atoms with van der Waals surface area (Å²) in [5, 5.41) is 4.91. The third-order valence-electron chi connectivity index (χ3n) is 4.48. The Balaban J connectivity index is 1.63. The fraction of sp³-hybridized carbons (Fsp3) is 0.261. The fourth-order valence-corrected chi connectivity index (χ4v) is 3.64. The summed E-state index contributed by atoms with van der Waals surface area (Å²) in [6, 6.07) is 12.5. The summed E-state index contributed by atoms with van der Waals surface area (Å²) in [7, 11) is 0. The first-order chi connectivity index (χ1) is 15.5. The van der Waals surface area contributed by atoms with E-state index in [4.69, 9.17) is 4.74 Å². The second-order valence-electron chi connectivity index (χ2n) is 6.87. The van der Waals surface area contributed by atoms with Crippen molar-refractivity contribution in [3.63, 3.8) is 0 Å². The first kappa shape index (κ1) is 23.1. The van der Waals surface area contributed by atoms with Crippen molar-refractivity contribution in [1.82, 2.24) is 14.9 Å². The number of carbonyl (C=O) groups is 3. The number of anilines is 1. The largest absolute Gasteiger partial charge is 0.466 e. The van der Waals surface area contributed by atoms with Gasteiger partial charge in [0.05, 0.1) is 25.1 Å². The molecule has 0 atom stereocenters. The zero-order chi connectivity index (χ0) is 22.8. The number of nitrogens with one attached hydrogen (secondary N) is 1. The van der Waals surface area contributed by atoms with Crippen LogP contribution in [-0.2, 0) is 27.3 Å². The molecule has 9 heteroatoms. The Kier molecular flexibility index (Phi) is 8.44. The van der Waals surface area contributed by atoms with E-state index in [1.807, 2.05) is 12.1 Å². The van der Waals surface area contributed by atoms with E-state index in [0.29, 0.717) is 29.5 Å². The molecule has 0 saturated heterocycles. The van der Waals surface area contributed by atoms with Crippen LogP contribution in [0.4, 0.5) is 5.13 Å². The Hall–Kier alpha value is -3.59. The van der Waals surface area contributed by atoms with E-state index < -0.39 is 0 Å². The SMILES string of the molecule is CCOC(=O)CCN(Cc1cccnc1)C(=O)Cc1csc(NC(=O)c2ccccc2)n1. The van der Waals surface area contributed by atoms with Crippen LogP contribution in [-0.4, -0.2) is 45.8 Å². The van der Waals surface area contributed by atoms with Crippen LogP contribution in [0, 0.1) is 0 Å². The molecule has 0 unspecified atom stereocenters. The smallest absolute Gasteiger partial charge is 0.307 e. The zero-order valence-electron chi connectivity index (χ0n) is 17.7. The number of thiazole rings is 1. The molecule has 2 amide bonds. The fourth-order valence-electron chi connectivity index (χ4n) is 2.93. The normalized spacial score (nSPS) is 10.4. The average Bonchev–Trinajstić information content (AvgIpc) is 3.24. The molecule has 0 radical (unpaired) electrons. The molecule has 0 spiro atoms. The first-order valence-electron chi connectivity index (χ1n) is 10.2. The molecule has 1 aromatic carbocycles. The predicted octanol–water partition coefficient (Wildman–Crippen LogP) is 3.31. The van der Waals surface area contributed by atoms with Crippen LogP contribution in [0.15, 0.2) is 60.2 Å². The molecule has 32 heavy (non-hydrogen) atoms. The van der Waals surface area contributed by atoms with Crippen LogP contribution in [0.2, 0.25) is 0 Å². The molecule has 0 aliphatic rings. The Bertz CT molecular complexity index is 1040. The highest BCUT2D eigenvalue weighted by Gasteiger charge is 2.18. The molecule has 2 aromatic heterocycles. The van der Waals surface area contributed by atoms with E-state index in [0.717, 1.165) is 5.56 Å². The molecule has 0 bridgehead atoms. The molecule has 1 N–H and O–H groups in total. The van der Waals surface area contributed by atoms with Crippen LogP contribution in [0.5, 0.6) is 0 Å². The Morgan fingerprint density at radius 3 is 2.66 bits per heavy atom. The Labute approximate surface area is 190 Å². The number of pyridine rings is 1. The number of amides is 2. The molecular weight excluding hydrogens is 428 g/mol. The standard InChI is InChI=1S/C23H24N4O4S/c1-2-31-21(29)10-12-27(15-17-7-6-11-24-14-17)20(28)13-19-16-32-23(25-19)26-22(30)18-8-4-3-5-9-18/h3-9,11,14,16H,2,10,12-13,15H2,1H3,(H,25,26,30). The third-order valence-corrected chi connectivity index (χ3v) is 5.29. The van der Waals surface area contributed by atoms with E-state index in [-0.39, 0.29) is 37.2 Å². The summed E-state index contributed by atoms with van der Waals surface area (Å²) >= 11 is 1.26. The van der Waals surface area contributed by atoms with Crippen molar-refractivity contribution in [2.75, 3.05) is 18.5 Å². The molecule has 0 aliphatic heterocycles. The number of hydrogen-bond acceptors (Lipinski definition) is 7. The maximum Gasteiger partial charge on any atom is 0.307 e. The minimum Gasteiger partial charge on any atom is -0.466 e. The molecule has 3 aromatic rings. The van der Waals surface area contributed by atoms with Crippen molar-refractivity contribution in [2.45, 2.75) is 26.3 Å². The van der Waals surface area contributed by atoms with E-state index in [9.17, 15) is 14.4 Å². The van der Waals surface area contributed by atoms with Gasteiger partial charge in [0, 0.05) is 36.4 Å². The van der Waals surface area contributed by atoms with Crippen LogP contribution < -0.4 is 5.32 Å².